The van der Waals surface area contributed by atoms with Gasteiger partial charge in [0.1, 0.15) is 5.82 Å². The SMILES string of the molecule is Cc1nc(S(=O)(=O)N(C)c2ccccc2C(=O)O)cn1C. The minimum Gasteiger partial charge on any atom is -0.478 e. The fraction of sp³-hybridized carbons (Fsp3) is 0.231. The first kappa shape index (κ1) is 15.0. The number of aryl methyl sites for hydroxylation is 2. The first-order valence-corrected chi connectivity index (χ1v) is 7.50. The van der Waals surface area contributed by atoms with E-state index in [0.29, 0.717) is 5.82 Å². The molecule has 2 aromatic rings. The number of para-hydroxylation sites is 1. The molecule has 1 aromatic heterocycles. The van der Waals surface area contributed by atoms with Crippen LogP contribution in [0.1, 0.15) is 16.2 Å². The van der Waals surface area contributed by atoms with Crippen molar-refractivity contribution in [2.24, 2.45) is 7.05 Å². The van der Waals surface area contributed by atoms with E-state index in [0.717, 1.165) is 4.31 Å². The van der Waals surface area contributed by atoms with Crippen LogP contribution in [0, 0.1) is 6.92 Å². The maximum absolute atomic E-state index is 12.5. The van der Waals surface area contributed by atoms with E-state index in [1.54, 1.807) is 30.7 Å². The molecule has 0 aliphatic heterocycles. The topological polar surface area (TPSA) is 92.5 Å². The summed E-state index contributed by atoms with van der Waals surface area (Å²) < 4.78 is 27.6. The number of hydrogen-bond donors (Lipinski definition) is 1. The summed E-state index contributed by atoms with van der Waals surface area (Å²) in [5, 5.41) is 9.04. The van der Waals surface area contributed by atoms with E-state index in [9.17, 15) is 13.2 Å². The fourth-order valence-corrected chi connectivity index (χ4v) is 3.09. The molecule has 1 aromatic carbocycles. The molecule has 21 heavy (non-hydrogen) atoms. The lowest BCUT2D eigenvalue weighted by atomic mass is 10.2. The Labute approximate surface area is 122 Å². The Kier molecular flexibility index (Phi) is 3.73. The second-order valence-electron chi connectivity index (χ2n) is 4.53. The summed E-state index contributed by atoms with van der Waals surface area (Å²) in [5.41, 5.74) is 0.00420. The van der Waals surface area contributed by atoms with Crippen LogP contribution in [0.2, 0.25) is 0 Å². The Morgan fingerprint density at radius 3 is 2.48 bits per heavy atom. The van der Waals surface area contributed by atoms with Gasteiger partial charge in [-0.2, -0.15) is 8.42 Å². The molecule has 0 saturated heterocycles. The van der Waals surface area contributed by atoms with Gasteiger partial charge < -0.3 is 9.67 Å². The van der Waals surface area contributed by atoms with Gasteiger partial charge in [-0.15, -0.1) is 0 Å². The van der Waals surface area contributed by atoms with Gasteiger partial charge in [0.15, 0.2) is 5.03 Å². The Hall–Kier alpha value is -2.35. The van der Waals surface area contributed by atoms with Gasteiger partial charge in [-0.05, 0) is 19.1 Å². The number of carbonyl (C=O) groups is 1. The van der Waals surface area contributed by atoms with Gasteiger partial charge >= 0.3 is 5.97 Å². The minimum absolute atomic E-state index is 0.0868. The van der Waals surface area contributed by atoms with Crippen LogP contribution >= 0.6 is 0 Å². The van der Waals surface area contributed by atoms with Crippen molar-refractivity contribution in [3.05, 3.63) is 41.9 Å². The largest absolute Gasteiger partial charge is 0.478 e. The summed E-state index contributed by atoms with van der Waals surface area (Å²) in [7, 11) is -0.918. The molecule has 0 fully saturated rings. The van der Waals surface area contributed by atoms with Crippen LogP contribution in [0.15, 0.2) is 35.5 Å². The number of hydrogen-bond acceptors (Lipinski definition) is 4. The highest BCUT2D eigenvalue weighted by Gasteiger charge is 2.27. The van der Waals surface area contributed by atoms with Crippen molar-refractivity contribution in [3.8, 4) is 0 Å². The highest BCUT2D eigenvalue weighted by molar-refractivity contribution is 7.92. The summed E-state index contributed by atoms with van der Waals surface area (Å²) >= 11 is 0. The van der Waals surface area contributed by atoms with Crippen molar-refractivity contribution in [2.45, 2.75) is 11.9 Å². The van der Waals surface area contributed by atoms with Crippen LogP contribution in [0.25, 0.3) is 0 Å². The molecule has 0 unspecified atom stereocenters. The maximum atomic E-state index is 12.5. The zero-order valence-electron chi connectivity index (χ0n) is 11.8. The summed E-state index contributed by atoms with van der Waals surface area (Å²) in [4.78, 5) is 15.2. The first-order chi connectivity index (χ1) is 9.75. The summed E-state index contributed by atoms with van der Waals surface area (Å²) in [6, 6.07) is 5.92. The van der Waals surface area contributed by atoms with Crippen LogP contribution < -0.4 is 4.31 Å². The van der Waals surface area contributed by atoms with Crippen LogP contribution in [0.5, 0.6) is 0 Å². The van der Waals surface area contributed by atoms with Crippen molar-refractivity contribution in [2.75, 3.05) is 11.4 Å². The van der Waals surface area contributed by atoms with Crippen LogP contribution in [0.4, 0.5) is 5.69 Å². The first-order valence-electron chi connectivity index (χ1n) is 6.06. The molecule has 0 atom stereocenters. The lowest BCUT2D eigenvalue weighted by molar-refractivity contribution is 0.0698. The van der Waals surface area contributed by atoms with Gasteiger partial charge in [0.2, 0.25) is 0 Å². The van der Waals surface area contributed by atoms with Crippen molar-refractivity contribution in [1.29, 1.82) is 0 Å². The van der Waals surface area contributed by atoms with Gasteiger partial charge in [0.25, 0.3) is 10.0 Å². The van der Waals surface area contributed by atoms with Crippen LogP contribution in [0.3, 0.4) is 0 Å². The number of carboxylic acid groups (broad SMARTS) is 1. The Balaban J connectivity index is 2.53. The van der Waals surface area contributed by atoms with Gasteiger partial charge in [-0.25, -0.2) is 9.78 Å². The quantitative estimate of drug-likeness (QED) is 0.917. The second-order valence-corrected chi connectivity index (χ2v) is 6.45. The van der Waals surface area contributed by atoms with Crippen LogP contribution in [-0.4, -0.2) is 36.1 Å². The third-order valence-corrected chi connectivity index (χ3v) is 4.83. The standard InChI is InChI=1S/C13H15N3O4S/c1-9-14-12(8-15(9)2)21(19,20)16(3)11-7-5-4-6-10(11)13(17)18/h4-8H,1-3H3,(H,17,18). The van der Waals surface area contributed by atoms with E-state index in [1.807, 2.05) is 0 Å². The number of aromatic carboxylic acids is 1. The molecule has 0 saturated carbocycles. The van der Waals surface area contributed by atoms with E-state index in [2.05, 4.69) is 4.98 Å². The Morgan fingerprint density at radius 1 is 1.33 bits per heavy atom. The molecule has 2 rings (SSSR count). The van der Waals surface area contributed by atoms with Crippen LogP contribution in [-0.2, 0) is 17.1 Å². The van der Waals surface area contributed by atoms with Gasteiger partial charge in [-0.3, -0.25) is 4.31 Å². The zero-order chi connectivity index (χ0) is 15.8. The van der Waals surface area contributed by atoms with Crippen molar-refractivity contribution in [1.82, 2.24) is 9.55 Å². The van der Waals surface area contributed by atoms with Crippen molar-refractivity contribution >= 4 is 21.7 Å². The summed E-state index contributed by atoms with van der Waals surface area (Å²) in [5.74, 6) is -0.640. The molecule has 0 radical (unpaired) electrons. The highest BCUT2D eigenvalue weighted by atomic mass is 32.2. The second kappa shape index (κ2) is 5.21. The molecule has 7 nitrogen and oxygen atoms in total. The molecule has 0 bridgehead atoms. The number of imidazole rings is 1. The van der Waals surface area contributed by atoms with Gasteiger partial charge in [0.05, 0.1) is 11.3 Å². The highest BCUT2D eigenvalue weighted by Crippen LogP contribution is 2.25. The Morgan fingerprint density at radius 2 is 1.95 bits per heavy atom. The molecular formula is C13H15N3O4S. The van der Waals surface area contributed by atoms with E-state index >= 15 is 0 Å². The Bertz CT molecular complexity index is 776. The molecule has 0 aliphatic carbocycles. The molecule has 8 heteroatoms. The van der Waals surface area contributed by atoms with E-state index < -0.39 is 16.0 Å². The minimum atomic E-state index is -3.91. The number of sulfonamides is 1. The predicted octanol–water partition coefficient (Wildman–Crippen LogP) is 1.25. The van der Waals surface area contributed by atoms with Crippen molar-refractivity contribution < 1.29 is 18.3 Å². The summed E-state index contributed by atoms with van der Waals surface area (Å²) in [6.07, 6.45) is 1.39. The number of benzene rings is 1. The van der Waals surface area contributed by atoms with Gasteiger partial charge in [-0.1, -0.05) is 12.1 Å². The van der Waals surface area contributed by atoms with Crippen molar-refractivity contribution in [3.63, 3.8) is 0 Å². The molecule has 112 valence electrons. The third kappa shape index (κ3) is 2.62. The average Bonchev–Trinajstić information content (AvgIpc) is 2.78. The smallest absolute Gasteiger partial charge is 0.337 e. The number of carboxylic acids is 1. The number of nitrogens with zero attached hydrogens (tertiary/aromatic N) is 3. The van der Waals surface area contributed by atoms with Gasteiger partial charge in [0, 0.05) is 20.3 Å². The molecular weight excluding hydrogens is 294 g/mol. The molecule has 0 amide bonds. The molecule has 0 aliphatic rings. The zero-order valence-corrected chi connectivity index (χ0v) is 12.6. The molecule has 1 N–H and O–H groups in total. The number of anilines is 1. The van der Waals surface area contributed by atoms with E-state index in [4.69, 9.17) is 5.11 Å². The average molecular weight is 309 g/mol. The normalized spacial score (nSPS) is 11.4. The molecule has 1 heterocycles. The number of aromatic nitrogens is 2. The lowest BCUT2D eigenvalue weighted by Gasteiger charge is -2.19. The van der Waals surface area contributed by atoms with E-state index in [-0.39, 0.29) is 16.3 Å². The molecule has 0 spiro atoms. The predicted molar refractivity (Wildman–Crippen MR) is 76.9 cm³/mol. The lowest BCUT2D eigenvalue weighted by Crippen LogP contribution is -2.28. The third-order valence-electron chi connectivity index (χ3n) is 3.19. The summed E-state index contributed by atoms with van der Waals surface area (Å²) in [6.45, 7) is 1.68. The van der Waals surface area contributed by atoms with E-state index in [1.165, 1.54) is 25.4 Å². The maximum Gasteiger partial charge on any atom is 0.337 e. The number of rotatable bonds is 4. The fourth-order valence-electron chi connectivity index (χ4n) is 1.85. The monoisotopic (exact) mass is 309 g/mol.